The second kappa shape index (κ2) is 10.4. The Balaban J connectivity index is 0.00000124. The smallest absolute Gasteiger partial charge is 0.227 e. The molecule has 4 rings (SSSR count). The quantitative estimate of drug-likeness (QED) is 0.666. The van der Waals surface area contributed by atoms with Gasteiger partial charge < -0.3 is 10.2 Å². The molecule has 3 fully saturated rings. The van der Waals surface area contributed by atoms with Crippen LogP contribution in [0.3, 0.4) is 0 Å². The molecule has 2 saturated heterocycles. The summed E-state index contributed by atoms with van der Waals surface area (Å²) in [5.74, 6) is 1.04. The number of hydrogen-bond acceptors (Lipinski definition) is 3. The van der Waals surface area contributed by atoms with Gasteiger partial charge in [0, 0.05) is 42.5 Å². The van der Waals surface area contributed by atoms with Crippen LogP contribution in [0, 0.1) is 31.6 Å². The summed E-state index contributed by atoms with van der Waals surface area (Å²) in [6, 6.07) is 7.88. The van der Waals surface area contributed by atoms with E-state index in [0.717, 1.165) is 37.2 Å². The minimum absolute atomic E-state index is 0.104. The number of carbonyl (C=O) groups is 1. The molecule has 1 aliphatic carbocycles. The Morgan fingerprint density at radius 3 is 2.53 bits per heavy atom. The Labute approximate surface area is 183 Å². The summed E-state index contributed by atoms with van der Waals surface area (Å²) in [6.45, 7) is 10.2. The molecular formula is C26H39N3O. The van der Waals surface area contributed by atoms with Crippen molar-refractivity contribution in [3.8, 4) is 12.8 Å². The topological polar surface area (TPSA) is 35.6 Å². The van der Waals surface area contributed by atoms with E-state index in [1.54, 1.807) is 0 Å². The summed E-state index contributed by atoms with van der Waals surface area (Å²) in [5.41, 5.74) is 3.53. The highest BCUT2D eigenvalue weighted by Crippen LogP contribution is 2.33. The Morgan fingerprint density at radius 1 is 1.17 bits per heavy atom. The van der Waals surface area contributed by atoms with Crippen LogP contribution in [0.5, 0.6) is 0 Å². The SMILES string of the molecule is C#C.Cc1cc(NC(=O)C(C)CC2CCC2)ccc1N1CCC(N2CCCC2C)C1. The van der Waals surface area contributed by atoms with E-state index in [1.807, 2.05) is 0 Å². The summed E-state index contributed by atoms with van der Waals surface area (Å²) >= 11 is 0. The Kier molecular flexibility index (Phi) is 7.83. The lowest BCUT2D eigenvalue weighted by Gasteiger charge is -2.29. The van der Waals surface area contributed by atoms with Crippen LogP contribution in [0.1, 0.15) is 64.4 Å². The van der Waals surface area contributed by atoms with Gasteiger partial charge in [0.15, 0.2) is 0 Å². The molecule has 0 aromatic heterocycles. The molecule has 1 amide bonds. The van der Waals surface area contributed by atoms with Crippen LogP contribution in [-0.2, 0) is 4.79 Å². The van der Waals surface area contributed by atoms with Crippen molar-refractivity contribution in [3.63, 3.8) is 0 Å². The van der Waals surface area contributed by atoms with Crippen LogP contribution in [0.15, 0.2) is 18.2 Å². The van der Waals surface area contributed by atoms with Crippen LogP contribution in [-0.4, -0.2) is 42.5 Å². The van der Waals surface area contributed by atoms with Crippen LogP contribution < -0.4 is 10.2 Å². The number of hydrogen-bond donors (Lipinski definition) is 1. The van der Waals surface area contributed by atoms with Gasteiger partial charge in [0.05, 0.1) is 0 Å². The number of likely N-dealkylation sites (tertiary alicyclic amines) is 1. The molecule has 0 bridgehead atoms. The van der Waals surface area contributed by atoms with Crippen LogP contribution >= 0.6 is 0 Å². The molecule has 2 heterocycles. The van der Waals surface area contributed by atoms with Gasteiger partial charge in [-0.1, -0.05) is 26.2 Å². The van der Waals surface area contributed by atoms with Gasteiger partial charge in [0.2, 0.25) is 5.91 Å². The van der Waals surface area contributed by atoms with Gasteiger partial charge >= 0.3 is 0 Å². The molecule has 1 saturated carbocycles. The molecule has 1 aromatic rings. The number of benzene rings is 1. The number of nitrogens with zero attached hydrogens (tertiary/aromatic N) is 2. The number of amides is 1. The molecule has 3 atom stereocenters. The number of rotatable bonds is 6. The number of carbonyl (C=O) groups excluding carboxylic acids is 1. The zero-order valence-electron chi connectivity index (χ0n) is 19.1. The number of aryl methyl sites for hydroxylation is 1. The maximum atomic E-state index is 12.5. The van der Waals surface area contributed by atoms with Gasteiger partial charge in [-0.2, -0.15) is 0 Å². The maximum absolute atomic E-state index is 12.5. The molecule has 3 aliphatic rings. The van der Waals surface area contributed by atoms with Crippen molar-refractivity contribution < 1.29 is 4.79 Å². The van der Waals surface area contributed by atoms with Gasteiger partial charge in [0.25, 0.3) is 0 Å². The largest absolute Gasteiger partial charge is 0.370 e. The van der Waals surface area contributed by atoms with Gasteiger partial charge in [0.1, 0.15) is 0 Å². The molecule has 4 heteroatoms. The van der Waals surface area contributed by atoms with Crippen LogP contribution in [0.2, 0.25) is 0 Å². The molecule has 2 aliphatic heterocycles. The third kappa shape index (κ3) is 5.19. The third-order valence-corrected chi connectivity index (χ3v) is 7.40. The minimum atomic E-state index is 0.104. The van der Waals surface area contributed by atoms with Gasteiger partial charge in [-0.15, -0.1) is 12.8 Å². The Hall–Kier alpha value is -1.99. The molecule has 30 heavy (non-hydrogen) atoms. The number of terminal acetylenes is 1. The van der Waals surface area contributed by atoms with Crippen molar-refractivity contribution in [2.24, 2.45) is 11.8 Å². The van der Waals surface area contributed by atoms with Crippen molar-refractivity contribution in [3.05, 3.63) is 23.8 Å². The van der Waals surface area contributed by atoms with E-state index in [-0.39, 0.29) is 11.8 Å². The Morgan fingerprint density at radius 2 is 1.93 bits per heavy atom. The van der Waals surface area contributed by atoms with Crippen LogP contribution in [0.4, 0.5) is 11.4 Å². The summed E-state index contributed by atoms with van der Waals surface area (Å²) < 4.78 is 0. The van der Waals surface area contributed by atoms with Gasteiger partial charge in [-0.25, -0.2) is 0 Å². The van der Waals surface area contributed by atoms with Crippen molar-refractivity contribution in [1.82, 2.24) is 4.90 Å². The van der Waals surface area contributed by atoms with E-state index in [1.165, 1.54) is 56.3 Å². The normalized spacial score (nSPS) is 25.3. The fourth-order valence-corrected chi connectivity index (χ4v) is 5.42. The van der Waals surface area contributed by atoms with Crippen molar-refractivity contribution >= 4 is 17.3 Å². The van der Waals surface area contributed by atoms with Crippen molar-refractivity contribution in [2.45, 2.75) is 77.8 Å². The molecule has 3 unspecified atom stereocenters. The zero-order chi connectivity index (χ0) is 21.7. The predicted molar refractivity (Wildman–Crippen MR) is 127 cm³/mol. The number of anilines is 2. The van der Waals surface area contributed by atoms with E-state index in [9.17, 15) is 4.79 Å². The summed E-state index contributed by atoms with van der Waals surface area (Å²) in [7, 11) is 0. The molecular weight excluding hydrogens is 370 g/mol. The van der Waals surface area contributed by atoms with Crippen molar-refractivity contribution in [2.75, 3.05) is 29.9 Å². The molecule has 4 nitrogen and oxygen atoms in total. The lowest BCUT2D eigenvalue weighted by atomic mass is 9.79. The molecule has 1 N–H and O–H groups in total. The zero-order valence-corrected chi connectivity index (χ0v) is 19.1. The highest BCUT2D eigenvalue weighted by Gasteiger charge is 2.33. The van der Waals surface area contributed by atoms with Gasteiger partial charge in [-0.05, 0) is 75.8 Å². The first kappa shape index (κ1) is 22.7. The third-order valence-electron chi connectivity index (χ3n) is 7.40. The van der Waals surface area contributed by atoms with E-state index in [4.69, 9.17) is 0 Å². The summed E-state index contributed by atoms with van der Waals surface area (Å²) in [4.78, 5) is 17.8. The molecule has 1 aromatic carbocycles. The van der Waals surface area contributed by atoms with E-state index < -0.39 is 0 Å². The minimum Gasteiger partial charge on any atom is -0.370 e. The molecule has 0 radical (unpaired) electrons. The molecule has 0 spiro atoms. The van der Waals surface area contributed by atoms with E-state index >= 15 is 0 Å². The second-order valence-corrected chi connectivity index (χ2v) is 9.54. The lowest BCUT2D eigenvalue weighted by molar-refractivity contribution is -0.120. The lowest BCUT2D eigenvalue weighted by Crippen LogP contribution is -2.39. The van der Waals surface area contributed by atoms with Crippen molar-refractivity contribution in [1.29, 1.82) is 0 Å². The Bertz CT molecular complexity index is 739. The summed E-state index contributed by atoms with van der Waals surface area (Å²) in [6.07, 6.45) is 17.0. The average Bonchev–Trinajstić information content (AvgIpc) is 3.35. The monoisotopic (exact) mass is 409 g/mol. The summed E-state index contributed by atoms with van der Waals surface area (Å²) in [5, 5.41) is 3.15. The average molecular weight is 410 g/mol. The first-order valence-corrected chi connectivity index (χ1v) is 11.8. The maximum Gasteiger partial charge on any atom is 0.227 e. The standard InChI is InChI=1S/C24H37N3O.C2H2/c1-17-15-21(25-24(28)18(2)14-20-7-4-8-20)9-10-23(17)26-13-11-22(16-26)27-12-5-6-19(27)3;1-2/h9-10,15,18-20,22H,4-8,11-14,16H2,1-3H3,(H,25,28);1-2H. The van der Waals surface area contributed by atoms with Crippen LogP contribution in [0.25, 0.3) is 0 Å². The van der Waals surface area contributed by atoms with E-state index in [2.05, 4.69) is 66.9 Å². The first-order valence-electron chi connectivity index (χ1n) is 11.8. The predicted octanol–water partition coefficient (Wildman–Crippen LogP) is 5.07. The second-order valence-electron chi connectivity index (χ2n) is 9.54. The first-order chi connectivity index (χ1) is 14.5. The highest BCUT2D eigenvalue weighted by atomic mass is 16.1. The van der Waals surface area contributed by atoms with E-state index in [0.29, 0.717) is 6.04 Å². The van der Waals surface area contributed by atoms with Gasteiger partial charge in [-0.3, -0.25) is 9.69 Å². The number of nitrogens with one attached hydrogen (secondary N) is 1. The highest BCUT2D eigenvalue weighted by molar-refractivity contribution is 5.92. The molecule has 164 valence electrons. The fraction of sp³-hybridized carbons (Fsp3) is 0.654. The fourth-order valence-electron chi connectivity index (χ4n) is 5.42.